The van der Waals surface area contributed by atoms with Crippen LogP contribution in [0.15, 0.2) is 0 Å². The van der Waals surface area contributed by atoms with Crippen LogP contribution in [0.1, 0.15) is 0 Å². The predicted molar refractivity (Wildman–Crippen MR) is 61.8 cm³/mol. The molecule has 0 atom stereocenters. The smallest absolute Gasteiger partial charge is 0.0701 e. The van der Waals surface area contributed by atoms with Crippen molar-refractivity contribution in [3.8, 4) is 0 Å². The molecule has 0 aliphatic heterocycles. The maximum atomic E-state index is 11.3. The number of hydrogen-bond donors (Lipinski definition) is 2. The van der Waals surface area contributed by atoms with E-state index in [0.717, 1.165) is 6.54 Å². The molecule has 4 nitrogen and oxygen atoms in total. The van der Waals surface area contributed by atoms with Crippen molar-refractivity contribution in [2.45, 2.75) is 0 Å². The van der Waals surface area contributed by atoms with Gasteiger partial charge in [0.2, 0.25) is 0 Å². The van der Waals surface area contributed by atoms with E-state index < -0.39 is 9.93 Å². The van der Waals surface area contributed by atoms with Crippen LogP contribution in [-0.2, 0) is 19.4 Å². The highest BCUT2D eigenvalue weighted by Crippen LogP contribution is 1.91. The van der Waals surface area contributed by atoms with Gasteiger partial charge in [-0.1, -0.05) is 0 Å². The molecule has 0 fully saturated rings. The van der Waals surface area contributed by atoms with Gasteiger partial charge in [0.15, 0.2) is 0 Å². The van der Waals surface area contributed by atoms with Crippen LogP contribution in [0.5, 0.6) is 0 Å². The molecule has 0 aromatic rings. The minimum absolute atomic E-state index is 0.569. The fourth-order valence-electron chi connectivity index (χ4n) is 0.781. The third-order valence-corrected chi connectivity index (χ3v) is 2.90. The van der Waals surface area contributed by atoms with Crippen molar-refractivity contribution in [1.29, 1.82) is 0 Å². The molecule has 0 heterocycles. The molecule has 0 radical (unpaired) electrons. The van der Waals surface area contributed by atoms with Crippen LogP contribution in [0.2, 0.25) is 0 Å². The second kappa shape index (κ2) is 8.35. The van der Waals surface area contributed by atoms with Gasteiger partial charge >= 0.3 is 0 Å². The summed E-state index contributed by atoms with van der Waals surface area (Å²) in [5, 5.41) is 2.99. The average Bonchev–Trinajstić information content (AvgIpc) is 2.08. The number of ether oxygens (including phenoxy) is 2. The second-order valence-electron chi connectivity index (χ2n) is 3.63. The molecule has 0 saturated carbocycles. The zero-order valence-electron chi connectivity index (χ0n) is 9.41. The summed E-state index contributed by atoms with van der Waals surface area (Å²) in [6.07, 6.45) is 3.56. The molecule has 0 aliphatic carbocycles. The first-order valence-corrected chi connectivity index (χ1v) is 7.69. The molecule has 1 N–H and O–H groups in total. The van der Waals surface area contributed by atoms with Crippen molar-refractivity contribution in [2.24, 2.45) is 0 Å². The molecular weight excluding hydrogens is 202 g/mol. The van der Waals surface area contributed by atoms with Crippen LogP contribution in [0.25, 0.3) is 0 Å². The van der Waals surface area contributed by atoms with Crippen molar-refractivity contribution in [3.63, 3.8) is 0 Å². The molecule has 0 rings (SSSR count). The second-order valence-corrected chi connectivity index (χ2v) is 7.22. The van der Waals surface area contributed by atoms with Gasteiger partial charge in [-0.25, -0.2) is 0 Å². The molecule has 5 heteroatoms. The zero-order chi connectivity index (χ0) is 10.9. The number of likely N-dealkylation sites (N-methyl/N-ethyl adjacent to an activating group) is 1. The first-order valence-electron chi connectivity index (χ1n) is 4.90. The Morgan fingerprint density at radius 3 is 2.14 bits per heavy atom. The Labute approximate surface area is 87.8 Å². The molecule has 0 aliphatic rings. The average molecular weight is 225 g/mol. The lowest BCUT2D eigenvalue weighted by atomic mass is 10.7. The molecule has 0 saturated heterocycles. The molecule has 0 aromatic heterocycles. The van der Waals surface area contributed by atoms with Crippen molar-refractivity contribution in [1.82, 2.24) is 5.32 Å². The molecule has 14 heavy (non-hydrogen) atoms. The Morgan fingerprint density at radius 2 is 1.64 bits per heavy atom. The van der Waals surface area contributed by atoms with Crippen molar-refractivity contribution < 1.29 is 13.7 Å². The summed E-state index contributed by atoms with van der Waals surface area (Å²) in [7, 11) is -0.0190. The Kier molecular flexibility index (Phi) is 8.37. The zero-order valence-corrected chi connectivity index (χ0v) is 10.3. The van der Waals surface area contributed by atoms with E-state index in [2.05, 4.69) is 5.32 Å². The highest BCUT2D eigenvalue weighted by molar-refractivity contribution is 8.01. The monoisotopic (exact) mass is 225 g/mol. The third kappa shape index (κ3) is 12.0. The van der Waals surface area contributed by atoms with E-state index in [9.17, 15) is 4.21 Å². The van der Waals surface area contributed by atoms with Crippen LogP contribution in [0.4, 0.5) is 0 Å². The molecule has 0 spiro atoms. The maximum Gasteiger partial charge on any atom is 0.0701 e. The molecule has 0 bridgehead atoms. The first kappa shape index (κ1) is 14.0. The summed E-state index contributed by atoms with van der Waals surface area (Å²) in [6.45, 7) is 3.34. The van der Waals surface area contributed by atoms with Crippen molar-refractivity contribution in [2.75, 3.05) is 58.3 Å². The lowest BCUT2D eigenvalue weighted by Gasteiger charge is -2.11. The van der Waals surface area contributed by atoms with Gasteiger partial charge in [0.25, 0.3) is 0 Å². The van der Waals surface area contributed by atoms with Gasteiger partial charge in [-0.2, -0.15) is 0 Å². The van der Waals surface area contributed by atoms with Crippen molar-refractivity contribution >= 4 is 9.93 Å². The van der Waals surface area contributed by atoms with Gasteiger partial charge in [0, 0.05) is 12.3 Å². The molecule has 0 aromatic carbocycles. The van der Waals surface area contributed by atoms with E-state index in [1.807, 2.05) is 7.05 Å². The van der Waals surface area contributed by atoms with Gasteiger partial charge in [-0.05, 0) is 19.6 Å². The van der Waals surface area contributed by atoms with Gasteiger partial charge < -0.3 is 14.8 Å². The normalized spacial score (nSPS) is 13.1. The van der Waals surface area contributed by atoms with Crippen LogP contribution >= 0.6 is 0 Å². The minimum Gasteiger partial charge on any atom is -0.378 e. The summed E-state index contributed by atoms with van der Waals surface area (Å²) in [5.74, 6) is 0.656. The van der Waals surface area contributed by atoms with Crippen LogP contribution in [-0.4, -0.2) is 62.5 Å². The number of rotatable bonds is 9. The Hall–Kier alpha value is 0.0300. The number of hydrogen-bond acceptors (Lipinski definition) is 4. The fraction of sp³-hybridized carbons (Fsp3) is 1.00. The lowest BCUT2D eigenvalue weighted by Crippen LogP contribution is -2.19. The van der Waals surface area contributed by atoms with E-state index in [1.54, 1.807) is 12.5 Å². The summed E-state index contributed by atoms with van der Waals surface area (Å²) >= 11 is 0. The maximum absolute atomic E-state index is 11.3. The predicted octanol–water partition coefficient (Wildman–Crippen LogP) is -0.485. The standard InChI is InChI=1S/C9H23NO3S/c1-10-4-5-12-6-7-13-8-9-14(2,3)11/h10,14H,4-9H2,1-3H3. The molecule has 0 amide bonds. The third-order valence-electron chi connectivity index (χ3n) is 1.64. The van der Waals surface area contributed by atoms with Crippen LogP contribution in [0.3, 0.4) is 0 Å². The highest BCUT2D eigenvalue weighted by Gasteiger charge is 1.99. The van der Waals surface area contributed by atoms with Gasteiger partial charge in [-0.3, -0.25) is 4.21 Å². The first-order chi connectivity index (χ1) is 6.56. The summed E-state index contributed by atoms with van der Waals surface area (Å²) in [4.78, 5) is 0. The lowest BCUT2D eigenvalue weighted by molar-refractivity contribution is 0.0552. The number of nitrogens with one attached hydrogen (secondary N) is 1. The Balaban J connectivity index is 3.03. The Morgan fingerprint density at radius 1 is 1.07 bits per heavy atom. The molecule has 88 valence electrons. The van der Waals surface area contributed by atoms with E-state index in [0.29, 0.717) is 32.2 Å². The minimum atomic E-state index is -1.91. The molecule has 0 unspecified atom stereocenters. The van der Waals surface area contributed by atoms with Crippen LogP contribution < -0.4 is 5.32 Å². The quantitative estimate of drug-likeness (QED) is 0.411. The summed E-state index contributed by atoms with van der Waals surface area (Å²) < 4.78 is 21.8. The summed E-state index contributed by atoms with van der Waals surface area (Å²) in [5.41, 5.74) is 0. The van der Waals surface area contributed by atoms with E-state index >= 15 is 0 Å². The SMILES string of the molecule is CNCCOCCOCC[SH](C)(C)=O. The van der Waals surface area contributed by atoms with E-state index in [-0.39, 0.29) is 0 Å². The van der Waals surface area contributed by atoms with Crippen molar-refractivity contribution in [3.05, 3.63) is 0 Å². The van der Waals surface area contributed by atoms with Gasteiger partial charge in [-0.15, -0.1) is 9.93 Å². The fourth-order valence-corrected chi connectivity index (χ4v) is 1.35. The number of thiol groups is 1. The molecular formula is C9H23NO3S. The van der Waals surface area contributed by atoms with Gasteiger partial charge in [0.05, 0.1) is 26.4 Å². The Bertz CT molecular complexity index is 169. The topological polar surface area (TPSA) is 47.6 Å². The van der Waals surface area contributed by atoms with Crippen LogP contribution in [0, 0.1) is 0 Å². The van der Waals surface area contributed by atoms with E-state index in [4.69, 9.17) is 9.47 Å². The highest BCUT2D eigenvalue weighted by atomic mass is 32.2. The van der Waals surface area contributed by atoms with Gasteiger partial charge in [0.1, 0.15) is 0 Å². The summed E-state index contributed by atoms with van der Waals surface area (Å²) in [6, 6.07) is 0. The largest absolute Gasteiger partial charge is 0.378 e. The van der Waals surface area contributed by atoms with E-state index in [1.165, 1.54) is 0 Å².